The average Bonchev–Trinajstić information content (AvgIpc) is 2.97. The molecule has 2 unspecified atom stereocenters. The van der Waals surface area contributed by atoms with Crippen molar-refractivity contribution in [2.45, 2.75) is 44.2 Å². The standard InChI is InChI=1S/C14H22N4O2/c15-12(9-4-6-20-7-5-9)14(19)17-11-3-1-2-10-8-16-18-13(10)11/h8-9,11-12H,1-7,15H2,(H,16,18)(H,17,19). The number of aromatic nitrogens is 2. The summed E-state index contributed by atoms with van der Waals surface area (Å²) in [6, 6.07) is -0.410. The Bertz CT molecular complexity index is 467. The molecule has 1 fully saturated rings. The maximum Gasteiger partial charge on any atom is 0.237 e. The van der Waals surface area contributed by atoms with Crippen LogP contribution in [0.25, 0.3) is 0 Å². The molecule has 1 aliphatic carbocycles. The van der Waals surface area contributed by atoms with E-state index in [1.807, 2.05) is 6.20 Å². The minimum atomic E-state index is -0.438. The van der Waals surface area contributed by atoms with Gasteiger partial charge < -0.3 is 15.8 Å². The van der Waals surface area contributed by atoms with E-state index in [9.17, 15) is 4.79 Å². The number of fused-ring (bicyclic) bond motifs is 1. The van der Waals surface area contributed by atoms with Gasteiger partial charge in [-0.1, -0.05) is 0 Å². The second kappa shape index (κ2) is 5.93. The molecule has 1 aromatic rings. The van der Waals surface area contributed by atoms with Crippen molar-refractivity contribution in [2.75, 3.05) is 13.2 Å². The number of aryl methyl sites for hydroxylation is 1. The van der Waals surface area contributed by atoms with Crippen molar-refractivity contribution in [3.05, 3.63) is 17.5 Å². The van der Waals surface area contributed by atoms with Crippen molar-refractivity contribution < 1.29 is 9.53 Å². The number of carbonyl (C=O) groups is 1. The zero-order valence-electron chi connectivity index (χ0n) is 11.6. The number of H-pyrrole nitrogens is 1. The molecular weight excluding hydrogens is 256 g/mol. The third-order valence-corrected chi connectivity index (χ3v) is 4.43. The molecule has 110 valence electrons. The van der Waals surface area contributed by atoms with Crippen molar-refractivity contribution in [2.24, 2.45) is 11.7 Å². The van der Waals surface area contributed by atoms with E-state index in [1.54, 1.807) is 0 Å². The summed E-state index contributed by atoms with van der Waals surface area (Å²) in [4.78, 5) is 12.3. The lowest BCUT2D eigenvalue weighted by Crippen LogP contribution is -2.48. The van der Waals surface area contributed by atoms with Crippen LogP contribution in [0, 0.1) is 5.92 Å². The van der Waals surface area contributed by atoms with Crippen LogP contribution in [0.15, 0.2) is 6.20 Å². The Morgan fingerprint density at radius 2 is 2.25 bits per heavy atom. The molecule has 0 radical (unpaired) electrons. The quantitative estimate of drug-likeness (QED) is 0.757. The fourth-order valence-electron chi connectivity index (χ4n) is 3.16. The van der Waals surface area contributed by atoms with Crippen LogP contribution in [-0.4, -0.2) is 35.4 Å². The number of carbonyl (C=O) groups excluding carboxylic acids is 1. The Labute approximate surface area is 118 Å². The number of aromatic amines is 1. The molecular formula is C14H22N4O2. The summed E-state index contributed by atoms with van der Waals surface area (Å²) in [5.41, 5.74) is 8.37. The minimum Gasteiger partial charge on any atom is -0.381 e. The van der Waals surface area contributed by atoms with Crippen LogP contribution < -0.4 is 11.1 Å². The number of nitrogens with zero attached hydrogens (tertiary/aromatic N) is 1. The van der Waals surface area contributed by atoms with E-state index in [-0.39, 0.29) is 17.9 Å². The Balaban J connectivity index is 1.62. The van der Waals surface area contributed by atoms with Gasteiger partial charge in [0.2, 0.25) is 5.91 Å². The predicted molar refractivity (Wildman–Crippen MR) is 73.9 cm³/mol. The van der Waals surface area contributed by atoms with Crippen LogP contribution in [0.1, 0.15) is 43.0 Å². The van der Waals surface area contributed by atoms with E-state index in [4.69, 9.17) is 10.5 Å². The molecule has 1 aliphatic heterocycles. The van der Waals surface area contributed by atoms with Gasteiger partial charge in [-0.25, -0.2) is 0 Å². The molecule has 6 heteroatoms. The summed E-state index contributed by atoms with van der Waals surface area (Å²) < 4.78 is 5.32. The Kier molecular flexibility index (Phi) is 4.03. The van der Waals surface area contributed by atoms with Gasteiger partial charge in [-0.3, -0.25) is 9.89 Å². The third kappa shape index (κ3) is 2.71. The maximum absolute atomic E-state index is 12.3. The first-order chi connectivity index (χ1) is 9.75. The molecule has 2 atom stereocenters. The predicted octanol–water partition coefficient (Wildman–Crippen LogP) is 0.657. The normalized spacial score (nSPS) is 24.9. The van der Waals surface area contributed by atoms with Crippen LogP contribution in [-0.2, 0) is 16.0 Å². The highest BCUT2D eigenvalue weighted by atomic mass is 16.5. The topological polar surface area (TPSA) is 93.0 Å². The molecule has 6 nitrogen and oxygen atoms in total. The Morgan fingerprint density at radius 3 is 3.05 bits per heavy atom. The van der Waals surface area contributed by atoms with Crippen molar-refractivity contribution in [3.8, 4) is 0 Å². The lowest BCUT2D eigenvalue weighted by molar-refractivity contribution is -0.125. The summed E-state index contributed by atoms with van der Waals surface area (Å²) in [6.07, 6.45) is 6.64. The highest BCUT2D eigenvalue weighted by Crippen LogP contribution is 2.28. The number of nitrogens with two attached hydrogens (primary N) is 1. The van der Waals surface area contributed by atoms with Gasteiger partial charge in [-0.05, 0) is 43.6 Å². The van der Waals surface area contributed by atoms with Crippen molar-refractivity contribution in [1.29, 1.82) is 0 Å². The number of hydrogen-bond acceptors (Lipinski definition) is 4. The molecule has 1 aromatic heterocycles. The summed E-state index contributed by atoms with van der Waals surface area (Å²) >= 11 is 0. The fourth-order valence-corrected chi connectivity index (χ4v) is 3.16. The monoisotopic (exact) mass is 278 g/mol. The zero-order valence-corrected chi connectivity index (χ0v) is 11.6. The fraction of sp³-hybridized carbons (Fsp3) is 0.714. The average molecular weight is 278 g/mol. The number of amides is 1. The maximum atomic E-state index is 12.3. The summed E-state index contributed by atoms with van der Waals surface area (Å²) in [7, 11) is 0. The van der Waals surface area contributed by atoms with Gasteiger partial charge in [0.15, 0.2) is 0 Å². The van der Waals surface area contributed by atoms with Crippen LogP contribution >= 0.6 is 0 Å². The number of rotatable bonds is 3. The molecule has 2 aliphatic rings. The van der Waals surface area contributed by atoms with Crippen LogP contribution in [0.3, 0.4) is 0 Å². The molecule has 4 N–H and O–H groups in total. The second-order valence-electron chi connectivity index (χ2n) is 5.74. The molecule has 20 heavy (non-hydrogen) atoms. The molecule has 0 aromatic carbocycles. The van der Waals surface area contributed by atoms with Crippen LogP contribution in [0.5, 0.6) is 0 Å². The summed E-state index contributed by atoms with van der Waals surface area (Å²) in [5.74, 6) is 0.179. The van der Waals surface area contributed by atoms with Gasteiger partial charge in [0, 0.05) is 13.2 Å². The molecule has 0 spiro atoms. The summed E-state index contributed by atoms with van der Waals surface area (Å²) in [5, 5.41) is 10.2. The smallest absolute Gasteiger partial charge is 0.237 e. The molecule has 0 bridgehead atoms. The molecule has 3 rings (SSSR count). The van der Waals surface area contributed by atoms with Crippen molar-refractivity contribution >= 4 is 5.91 Å². The number of nitrogens with one attached hydrogen (secondary N) is 2. The molecule has 0 saturated carbocycles. The SMILES string of the molecule is NC(C(=O)NC1CCCc2cn[nH]c21)C1CCOCC1. The van der Waals surface area contributed by atoms with Gasteiger partial charge in [-0.15, -0.1) is 0 Å². The lowest BCUT2D eigenvalue weighted by Gasteiger charge is -2.29. The Morgan fingerprint density at radius 1 is 1.45 bits per heavy atom. The zero-order chi connectivity index (χ0) is 13.9. The highest BCUT2D eigenvalue weighted by molar-refractivity contribution is 5.82. The van der Waals surface area contributed by atoms with Gasteiger partial charge in [-0.2, -0.15) is 5.10 Å². The van der Waals surface area contributed by atoms with Crippen LogP contribution in [0.4, 0.5) is 0 Å². The first kappa shape index (κ1) is 13.6. The van der Waals surface area contributed by atoms with E-state index in [2.05, 4.69) is 15.5 Å². The van der Waals surface area contributed by atoms with Gasteiger partial charge in [0.1, 0.15) is 0 Å². The van der Waals surface area contributed by atoms with E-state index in [1.165, 1.54) is 5.56 Å². The van der Waals surface area contributed by atoms with Crippen LogP contribution in [0.2, 0.25) is 0 Å². The van der Waals surface area contributed by atoms with Gasteiger partial charge >= 0.3 is 0 Å². The first-order valence-electron chi connectivity index (χ1n) is 7.41. The molecule has 2 heterocycles. The summed E-state index contributed by atoms with van der Waals surface area (Å²) in [6.45, 7) is 1.42. The first-order valence-corrected chi connectivity index (χ1v) is 7.41. The minimum absolute atomic E-state index is 0.0274. The number of ether oxygens (including phenoxy) is 1. The second-order valence-corrected chi connectivity index (χ2v) is 5.74. The van der Waals surface area contributed by atoms with Gasteiger partial charge in [0.25, 0.3) is 0 Å². The molecule has 1 saturated heterocycles. The van der Waals surface area contributed by atoms with E-state index in [0.29, 0.717) is 13.2 Å². The Hall–Kier alpha value is -1.40. The van der Waals surface area contributed by atoms with Crippen molar-refractivity contribution in [3.63, 3.8) is 0 Å². The van der Waals surface area contributed by atoms with E-state index >= 15 is 0 Å². The lowest BCUT2D eigenvalue weighted by atomic mass is 9.90. The third-order valence-electron chi connectivity index (χ3n) is 4.43. The van der Waals surface area contributed by atoms with Crippen molar-refractivity contribution in [1.82, 2.24) is 15.5 Å². The molecule has 1 amide bonds. The number of hydrogen-bond donors (Lipinski definition) is 3. The van der Waals surface area contributed by atoms with E-state index in [0.717, 1.165) is 37.8 Å². The largest absolute Gasteiger partial charge is 0.381 e. The van der Waals surface area contributed by atoms with E-state index < -0.39 is 6.04 Å². The van der Waals surface area contributed by atoms with Gasteiger partial charge in [0.05, 0.1) is 24.0 Å². The highest BCUT2D eigenvalue weighted by Gasteiger charge is 2.30.